The number of ether oxygens (including phenoxy) is 1. The highest BCUT2D eigenvalue weighted by Gasteiger charge is 2.43. The van der Waals surface area contributed by atoms with Gasteiger partial charge in [0.1, 0.15) is 0 Å². The van der Waals surface area contributed by atoms with Gasteiger partial charge in [0.25, 0.3) is 0 Å². The fourth-order valence-corrected chi connectivity index (χ4v) is 3.18. The van der Waals surface area contributed by atoms with Gasteiger partial charge in [0.05, 0.1) is 19.3 Å². The number of nitrogens with zero attached hydrogens (tertiary/aromatic N) is 1. The van der Waals surface area contributed by atoms with Gasteiger partial charge in [-0.2, -0.15) is 0 Å². The van der Waals surface area contributed by atoms with E-state index in [0.29, 0.717) is 18.1 Å². The van der Waals surface area contributed by atoms with E-state index < -0.39 is 0 Å². The third-order valence-corrected chi connectivity index (χ3v) is 4.97. The zero-order valence-corrected chi connectivity index (χ0v) is 11.4. The molecule has 1 N–H and O–H groups in total. The molecule has 0 radical (unpaired) electrons. The SMILES string of the molecule is OCCOC1CCN(CC2(CBr)CC2)CC1. The van der Waals surface area contributed by atoms with Gasteiger partial charge in [-0.1, -0.05) is 15.9 Å². The summed E-state index contributed by atoms with van der Waals surface area (Å²) in [7, 11) is 0. The molecule has 3 nitrogen and oxygen atoms in total. The topological polar surface area (TPSA) is 32.7 Å². The Morgan fingerprint density at radius 3 is 2.50 bits per heavy atom. The molecular weight excluding hydrogens is 270 g/mol. The summed E-state index contributed by atoms with van der Waals surface area (Å²) < 4.78 is 5.57. The average Bonchev–Trinajstić information content (AvgIpc) is 3.09. The van der Waals surface area contributed by atoms with Gasteiger partial charge in [0.15, 0.2) is 0 Å². The number of alkyl halides is 1. The number of aliphatic hydroxyl groups is 1. The molecule has 0 bridgehead atoms. The van der Waals surface area contributed by atoms with Crippen LogP contribution in [0.2, 0.25) is 0 Å². The van der Waals surface area contributed by atoms with Crippen LogP contribution in [0.25, 0.3) is 0 Å². The highest BCUT2D eigenvalue weighted by Crippen LogP contribution is 2.47. The quantitative estimate of drug-likeness (QED) is 0.755. The lowest BCUT2D eigenvalue weighted by Crippen LogP contribution is -2.40. The molecule has 1 heterocycles. The lowest BCUT2D eigenvalue weighted by molar-refractivity contribution is -0.0101. The van der Waals surface area contributed by atoms with Crippen molar-refractivity contribution in [3.05, 3.63) is 0 Å². The zero-order valence-electron chi connectivity index (χ0n) is 9.83. The third kappa shape index (κ3) is 3.42. The zero-order chi connectivity index (χ0) is 11.4. The molecule has 0 aromatic rings. The minimum Gasteiger partial charge on any atom is -0.394 e. The summed E-state index contributed by atoms with van der Waals surface area (Å²) in [5, 5.41) is 9.85. The second-order valence-electron chi connectivity index (χ2n) is 5.20. The van der Waals surface area contributed by atoms with E-state index in [2.05, 4.69) is 20.8 Å². The van der Waals surface area contributed by atoms with Crippen molar-refractivity contribution in [2.75, 3.05) is 38.2 Å². The molecule has 1 aliphatic carbocycles. The number of piperidine rings is 1. The lowest BCUT2D eigenvalue weighted by Gasteiger charge is -2.33. The minimum atomic E-state index is 0.146. The van der Waals surface area contributed by atoms with E-state index in [0.717, 1.165) is 31.3 Å². The Balaban J connectivity index is 1.65. The summed E-state index contributed by atoms with van der Waals surface area (Å²) in [6.45, 7) is 4.21. The molecule has 0 spiro atoms. The molecule has 1 saturated carbocycles. The Morgan fingerprint density at radius 2 is 2.00 bits per heavy atom. The number of hydrogen-bond donors (Lipinski definition) is 1. The number of rotatable bonds is 6. The Hall–Kier alpha value is 0.360. The molecule has 0 amide bonds. The van der Waals surface area contributed by atoms with Crippen molar-refractivity contribution < 1.29 is 9.84 Å². The first kappa shape index (κ1) is 12.8. The van der Waals surface area contributed by atoms with Gasteiger partial charge < -0.3 is 14.7 Å². The van der Waals surface area contributed by atoms with Crippen LogP contribution in [0.4, 0.5) is 0 Å². The first-order valence-electron chi connectivity index (χ1n) is 6.29. The van der Waals surface area contributed by atoms with Gasteiger partial charge in [0.2, 0.25) is 0 Å². The molecule has 0 atom stereocenters. The van der Waals surface area contributed by atoms with Crippen LogP contribution in [0.3, 0.4) is 0 Å². The van der Waals surface area contributed by atoms with E-state index in [1.165, 1.54) is 19.4 Å². The van der Waals surface area contributed by atoms with Gasteiger partial charge in [-0.3, -0.25) is 0 Å². The molecule has 1 aliphatic heterocycles. The summed E-state index contributed by atoms with van der Waals surface area (Å²) in [6.07, 6.45) is 5.40. The van der Waals surface area contributed by atoms with Crippen LogP contribution in [0.1, 0.15) is 25.7 Å². The van der Waals surface area contributed by atoms with E-state index in [-0.39, 0.29) is 6.61 Å². The van der Waals surface area contributed by atoms with Crippen LogP contribution >= 0.6 is 15.9 Å². The van der Waals surface area contributed by atoms with Crippen molar-refractivity contribution in [2.24, 2.45) is 5.41 Å². The molecule has 0 aromatic heterocycles. The number of hydrogen-bond acceptors (Lipinski definition) is 3. The Morgan fingerprint density at radius 1 is 1.31 bits per heavy atom. The van der Waals surface area contributed by atoms with Gasteiger partial charge in [-0.25, -0.2) is 0 Å². The minimum absolute atomic E-state index is 0.146. The molecule has 4 heteroatoms. The lowest BCUT2D eigenvalue weighted by atomic mass is 10.0. The van der Waals surface area contributed by atoms with Crippen LogP contribution < -0.4 is 0 Å². The summed E-state index contributed by atoms with van der Waals surface area (Å²) >= 11 is 3.63. The molecule has 16 heavy (non-hydrogen) atoms. The Labute approximate surface area is 106 Å². The fraction of sp³-hybridized carbons (Fsp3) is 1.00. The van der Waals surface area contributed by atoms with Crippen molar-refractivity contribution in [3.8, 4) is 0 Å². The molecule has 94 valence electrons. The smallest absolute Gasteiger partial charge is 0.0701 e. The maximum absolute atomic E-state index is 8.70. The largest absolute Gasteiger partial charge is 0.394 e. The van der Waals surface area contributed by atoms with E-state index in [9.17, 15) is 0 Å². The summed E-state index contributed by atoms with van der Waals surface area (Å²) in [6, 6.07) is 0. The maximum Gasteiger partial charge on any atom is 0.0701 e. The van der Waals surface area contributed by atoms with Gasteiger partial charge in [-0.05, 0) is 31.1 Å². The van der Waals surface area contributed by atoms with Crippen molar-refractivity contribution in [2.45, 2.75) is 31.8 Å². The van der Waals surface area contributed by atoms with Gasteiger partial charge >= 0.3 is 0 Å². The first-order valence-corrected chi connectivity index (χ1v) is 7.41. The van der Waals surface area contributed by atoms with Crippen LogP contribution in [0.5, 0.6) is 0 Å². The Kier molecular flexibility index (Phi) is 4.65. The van der Waals surface area contributed by atoms with Crippen molar-refractivity contribution >= 4 is 15.9 Å². The van der Waals surface area contributed by atoms with Crippen molar-refractivity contribution in [3.63, 3.8) is 0 Å². The maximum atomic E-state index is 8.70. The molecule has 1 saturated heterocycles. The van der Waals surface area contributed by atoms with E-state index >= 15 is 0 Å². The molecular formula is C12H22BrNO2. The van der Waals surface area contributed by atoms with Crippen molar-refractivity contribution in [1.29, 1.82) is 0 Å². The predicted molar refractivity (Wildman–Crippen MR) is 68.0 cm³/mol. The van der Waals surface area contributed by atoms with Crippen LogP contribution in [0.15, 0.2) is 0 Å². The summed E-state index contributed by atoms with van der Waals surface area (Å²) in [5.74, 6) is 0. The second-order valence-corrected chi connectivity index (χ2v) is 5.76. The molecule has 0 unspecified atom stereocenters. The first-order chi connectivity index (χ1) is 7.78. The number of aliphatic hydroxyl groups excluding tert-OH is 1. The highest BCUT2D eigenvalue weighted by molar-refractivity contribution is 9.09. The third-order valence-electron chi connectivity index (χ3n) is 3.78. The molecule has 2 rings (SSSR count). The number of halogens is 1. The number of likely N-dealkylation sites (tertiary alicyclic amines) is 1. The van der Waals surface area contributed by atoms with E-state index in [1.54, 1.807) is 0 Å². The van der Waals surface area contributed by atoms with Crippen LogP contribution in [0, 0.1) is 5.41 Å². The van der Waals surface area contributed by atoms with Crippen LogP contribution in [-0.4, -0.2) is 54.3 Å². The average molecular weight is 292 g/mol. The summed E-state index contributed by atoms with van der Waals surface area (Å²) in [5.41, 5.74) is 0.596. The predicted octanol–water partition coefficient (Wildman–Crippen LogP) is 1.63. The van der Waals surface area contributed by atoms with Crippen LogP contribution in [-0.2, 0) is 4.74 Å². The normalized spacial score (nSPS) is 25.9. The molecule has 2 aliphatic rings. The second kappa shape index (κ2) is 5.80. The Bertz CT molecular complexity index is 213. The monoisotopic (exact) mass is 291 g/mol. The van der Waals surface area contributed by atoms with E-state index in [4.69, 9.17) is 9.84 Å². The molecule has 2 fully saturated rings. The van der Waals surface area contributed by atoms with Gasteiger partial charge in [-0.15, -0.1) is 0 Å². The van der Waals surface area contributed by atoms with E-state index in [1.807, 2.05) is 0 Å². The standard InChI is InChI=1S/C12H22BrNO2/c13-9-12(3-4-12)10-14-5-1-11(2-6-14)16-8-7-15/h11,15H,1-10H2. The summed E-state index contributed by atoms with van der Waals surface area (Å²) in [4.78, 5) is 2.58. The highest BCUT2D eigenvalue weighted by atomic mass is 79.9. The van der Waals surface area contributed by atoms with Crippen molar-refractivity contribution in [1.82, 2.24) is 4.90 Å². The van der Waals surface area contributed by atoms with Gasteiger partial charge in [0, 0.05) is 25.0 Å². The fourth-order valence-electron chi connectivity index (χ4n) is 2.44. The molecule has 0 aromatic carbocycles.